The summed E-state index contributed by atoms with van der Waals surface area (Å²) in [6.07, 6.45) is 69.2. The van der Waals surface area contributed by atoms with Crippen LogP contribution >= 0.6 is 0 Å². The van der Waals surface area contributed by atoms with Gasteiger partial charge in [-0.1, -0.05) is 188 Å². The molecular formula is C57H98O9. The molecule has 0 heterocycles. The Hall–Kier alpha value is -4.05. The van der Waals surface area contributed by atoms with E-state index in [1.54, 1.807) is 0 Å². The number of hydrogen-bond acceptors (Lipinski definition) is 6. The van der Waals surface area contributed by atoms with Gasteiger partial charge in [-0.15, -0.1) is 0 Å². The van der Waals surface area contributed by atoms with Gasteiger partial charge in [-0.05, 0) is 116 Å². The van der Waals surface area contributed by atoms with Crippen LogP contribution in [0, 0.1) is 0 Å². The molecule has 0 fully saturated rings. The molecule has 0 aliphatic rings. The molecule has 0 aliphatic heterocycles. The van der Waals surface area contributed by atoms with E-state index in [1.165, 1.54) is 38.5 Å². The zero-order valence-electron chi connectivity index (χ0n) is 42.0. The van der Waals surface area contributed by atoms with Crippen molar-refractivity contribution in [2.45, 2.75) is 219 Å². The third-order valence-corrected chi connectivity index (χ3v) is 9.55. The molecule has 0 aromatic carbocycles. The number of hydrogen-bond donors (Lipinski definition) is 6. The van der Waals surface area contributed by atoms with Gasteiger partial charge in [-0.25, -0.2) is 0 Å². The molecule has 0 aromatic rings. The minimum absolute atomic E-state index is 0.319. The lowest BCUT2D eigenvalue weighted by atomic mass is 10.1. The van der Waals surface area contributed by atoms with Crippen LogP contribution in [-0.4, -0.2) is 67.9 Å². The second-order valence-electron chi connectivity index (χ2n) is 16.0. The zero-order valence-corrected chi connectivity index (χ0v) is 42.0. The monoisotopic (exact) mass is 927 g/mol. The van der Waals surface area contributed by atoms with Gasteiger partial charge in [0.15, 0.2) is 0 Å². The molecule has 0 aromatic heterocycles. The summed E-state index contributed by atoms with van der Waals surface area (Å²) in [5, 5.41) is 49.5. The van der Waals surface area contributed by atoms with Gasteiger partial charge in [-0.2, -0.15) is 0 Å². The van der Waals surface area contributed by atoms with Crippen LogP contribution in [0.15, 0.2) is 109 Å². The van der Waals surface area contributed by atoms with Gasteiger partial charge in [0.25, 0.3) is 0 Å². The molecule has 380 valence electrons. The van der Waals surface area contributed by atoms with Gasteiger partial charge in [0.2, 0.25) is 0 Å². The summed E-state index contributed by atoms with van der Waals surface area (Å²) in [5.41, 5.74) is 0. The number of aliphatic carboxylic acids is 3. The van der Waals surface area contributed by atoms with E-state index in [-0.39, 0.29) is 13.2 Å². The Morgan fingerprint density at radius 1 is 0.318 bits per heavy atom. The van der Waals surface area contributed by atoms with E-state index in [9.17, 15) is 14.4 Å². The van der Waals surface area contributed by atoms with Crippen molar-refractivity contribution in [2.24, 2.45) is 0 Å². The Kier molecular flexibility index (Phi) is 67.7. The fourth-order valence-electron chi connectivity index (χ4n) is 5.74. The predicted octanol–water partition coefficient (Wildman–Crippen LogP) is 15.3. The quantitative estimate of drug-likeness (QED) is 0.0258. The molecule has 0 saturated heterocycles. The van der Waals surface area contributed by atoms with Gasteiger partial charge in [-0.3, -0.25) is 14.4 Å². The van der Waals surface area contributed by atoms with Crippen LogP contribution in [0.25, 0.3) is 0 Å². The van der Waals surface area contributed by atoms with E-state index in [1.807, 2.05) is 0 Å². The predicted molar refractivity (Wildman–Crippen MR) is 281 cm³/mol. The van der Waals surface area contributed by atoms with Crippen LogP contribution < -0.4 is 0 Å². The minimum Gasteiger partial charge on any atom is -0.481 e. The fourth-order valence-corrected chi connectivity index (χ4v) is 5.74. The molecule has 9 nitrogen and oxygen atoms in total. The maximum atomic E-state index is 10.3. The highest BCUT2D eigenvalue weighted by Gasteiger charge is 1.98. The van der Waals surface area contributed by atoms with E-state index < -0.39 is 24.0 Å². The third-order valence-electron chi connectivity index (χ3n) is 9.55. The lowest BCUT2D eigenvalue weighted by Crippen LogP contribution is -2.15. The molecule has 66 heavy (non-hydrogen) atoms. The molecule has 0 bridgehead atoms. The number of aliphatic hydroxyl groups excluding tert-OH is 3. The summed E-state index contributed by atoms with van der Waals surface area (Å²) in [6.45, 7) is 5.71. The molecule has 0 radical (unpaired) electrons. The molecule has 0 unspecified atom stereocenters. The van der Waals surface area contributed by atoms with Crippen molar-refractivity contribution < 1.29 is 45.0 Å². The van der Waals surface area contributed by atoms with Crippen LogP contribution in [-0.2, 0) is 14.4 Å². The zero-order chi connectivity index (χ0) is 49.7. The summed E-state index contributed by atoms with van der Waals surface area (Å²) in [5.74, 6) is -2.02. The van der Waals surface area contributed by atoms with Gasteiger partial charge in [0.1, 0.15) is 6.10 Å². The molecule has 0 rings (SSSR count). The molecule has 0 amide bonds. The highest BCUT2D eigenvalue weighted by Crippen LogP contribution is 2.10. The standard InChI is InChI=1S/3C18H30O2.C3H8O3/c3*1-2-3-4-5-6-7-8-9-10-11-12-13-14-15-16-17-18(19)20;4-1-3(6)2-5/h3*3-4,6-7,9-10H,2,5,8,11-17H2,1H3,(H,19,20);3-6H,1-2H2/b3*4-3-,7-6-,10-9-;. The Bertz CT molecular complexity index is 1140. The van der Waals surface area contributed by atoms with Gasteiger partial charge < -0.3 is 30.6 Å². The second kappa shape index (κ2) is 65.2. The highest BCUT2D eigenvalue weighted by molar-refractivity contribution is 5.67. The molecule has 0 aliphatic carbocycles. The SMILES string of the molecule is CC/C=C\C/C=C\C/C=C\CCCCCCCC(=O)O.CC/C=C\C/C=C\C/C=C\CCCCCCCC(=O)O.CC/C=C\C/C=C\C/C=C\CCCCCCCC(=O)O.OCC(O)CO. The topological polar surface area (TPSA) is 173 Å². The van der Waals surface area contributed by atoms with E-state index in [0.717, 1.165) is 135 Å². The van der Waals surface area contributed by atoms with Crippen molar-refractivity contribution in [2.75, 3.05) is 13.2 Å². The van der Waals surface area contributed by atoms with Crippen molar-refractivity contribution in [3.05, 3.63) is 109 Å². The number of aliphatic hydroxyl groups is 3. The molecule has 0 atom stereocenters. The third kappa shape index (κ3) is 80.3. The molecular weight excluding hydrogens is 829 g/mol. The second-order valence-corrected chi connectivity index (χ2v) is 16.0. The number of carboxylic acid groups (broad SMARTS) is 3. The Morgan fingerprint density at radius 2 is 0.515 bits per heavy atom. The van der Waals surface area contributed by atoms with Crippen LogP contribution in [0.1, 0.15) is 213 Å². The average Bonchev–Trinajstić information content (AvgIpc) is 3.30. The average molecular weight is 927 g/mol. The van der Waals surface area contributed by atoms with Crippen LogP contribution in [0.2, 0.25) is 0 Å². The maximum Gasteiger partial charge on any atom is 0.303 e. The summed E-state index contributed by atoms with van der Waals surface area (Å²) in [4.78, 5) is 30.9. The smallest absolute Gasteiger partial charge is 0.303 e. The van der Waals surface area contributed by atoms with E-state index in [2.05, 4.69) is 130 Å². The Morgan fingerprint density at radius 3 is 0.712 bits per heavy atom. The molecule has 6 N–H and O–H groups in total. The lowest BCUT2D eigenvalue weighted by molar-refractivity contribution is -0.138. The first-order chi connectivity index (χ1) is 32.1. The Balaban J connectivity index is -0.000000410. The van der Waals surface area contributed by atoms with E-state index in [0.29, 0.717) is 19.3 Å². The summed E-state index contributed by atoms with van der Waals surface area (Å²) in [6, 6.07) is 0. The lowest BCUT2D eigenvalue weighted by Gasteiger charge is -1.98. The highest BCUT2D eigenvalue weighted by atomic mass is 16.4. The van der Waals surface area contributed by atoms with Crippen molar-refractivity contribution >= 4 is 17.9 Å². The number of carbonyl (C=O) groups is 3. The molecule has 0 saturated carbocycles. The largest absolute Gasteiger partial charge is 0.481 e. The van der Waals surface area contributed by atoms with E-state index in [4.69, 9.17) is 30.6 Å². The van der Waals surface area contributed by atoms with Crippen LogP contribution in [0.3, 0.4) is 0 Å². The van der Waals surface area contributed by atoms with Crippen molar-refractivity contribution in [3.63, 3.8) is 0 Å². The summed E-state index contributed by atoms with van der Waals surface area (Å²) >= 11 is 0. The first-order valence-electron chi connectivity index (χ1n) is 25.5. The van der Waals surface area contributed by atoms with Crippen LogP contribution in [0.4, 0.5) is 0 Å². The van der Waals surface area contributed by atoms with E-state index >= 15 is 0 Å². The van der Waals surface area contributed by atoms with Gasteiger partial charge in [0.05, 0.1) is 13.2 Å². The first kappa shape index (κ1) is 68.5. The van der Waals surface area contributed by atoms with Crippen molar-refractivity contribution in [1.29, 1.82) is 0 Å². The number of carboxylic acids is 3. The fraction of sp³-hybridized carbons (Fsp3) is 0.632. The number of rotatable bonds is 41. The minimum atomic E-state index is -0.954. The van der Waals surface area contributed by atoms with Crippen molar-refractivity contribution in [3.8, 4) is 0 Å². The summed E-state index contributed by atoms with van der Waals surface area (Å²) < 4.78 is 0. The molecule has 0 spiro atoms. The number of allylic oxidation sites excluding steroid dienone is 18. The molecule has 9 heteroatoms. The normalized spacial score (nSPS) is 11.9. The maximum absolute atomic E-state index is 10.3. The van der Waals surface area contributed by atoms with Gasteiger partial charge >= 0.3 is 17.9 Å². The van der Waals surface area contributed by atoms with Crippen molar-refractivity contribution in [1.82, 2.24) is 0 Å². The number of unbranched alkanes of at least 4 members (excludes halogenated alkanes) is 15. The van der Waals surface area contributed by atoms with Crippen LogP contribution in [0.5, 0.6) is 0 Å². The summed E-state index contributed by atoms with van der Waals surface area (Å²) in [7, 11) is 0. The van der Waals surface area contributed by atoms with Gasteiger partial charge in [0, 0.05) is 19.3 Å². The first-order valence-corrected chi connectivity index (χ1v) is 25.5. The Labute approximate surface area is 403 Å².